The van der Waals surface area contributed by atoms with Crippen LogP contribution in [-0.2, 0) is 13.0 Å². The Bertz CT molecular complexity index is 787. The highest BCUT2D eigenvalue weighted by molar-refractivity contribution is 5.76. The Labute approximate surface area is 130 Å². The van der Waals surface area contributed by atoms with Crippen LogP contribution in [0.15, 0.2) is 42.6 Å². The van der Waals surface area contributed by atoms with Gasteiger partial charge in [-0.1, -0.05) is 37.3 Å². The van der Waals surface area contributed by atoms with Gasteiger partial charge in [0.2, 0.25) is 5.95 Å². The van der Waals surface area contributed by atoms with Crippen molar-refractivity contribution in [3.63, 3.8) is 0 Å². The van der Waals surface area contributed by atoms with Crippen LogP contribution < -0.4 is 4.90 Å². The molecular weight excluding hydrogens is 272 g/mol. The second-order valence-corrected chi connectivity index (χ2v) is 5.86. The fraction of sp³-hybridized carbons (Fsp3) is 0.333. The predicted molar refractivity (Wildman–Crippen MR) is 89.3 cm³/mol. The highest BCUT2D eigenvalue weighted by Gasteiger charge is 2.22. The molecule has 1 aliphatic heterocycles. The third kappa shape index (κ3) is 2.25. The van der Waals surface area contributed by atoms with Crippen molar-refractivity contribution in [3.05, 3.63) is 53.7 Å². The molecule has 1 saturated heterocycles. The molecule has 0 radical (unpaired) electrons. The van der Waals surface area contributed by atoms with Crippen molar-refractivity contribution >= 4 is 17.1 Å². The molecule has 0 spiro atoms. The van der Waals surface area contributed by atoms with Crippen molar-refractivity contribution in [1.82, 2.24) is 14.5 Å². The fourth-order valence-corrected chi connectivity index (χ4v) is 2.91. The summed E-state index contributed by atoms with van der Waals surface area (Å²) in [4.78, 5) is 11.7. The van der Waals surface area contributed by atoms with E-state index in [1.165, 1.54) is 17.5 Å². The average Bonchev–Trinajstić information content (AvgIpc) is 2.84. The molecule has 1 fully saturated rings. The molecule has 0 saturated carbocycles. The van der Waals surface area contributed by atoms with Crippen molar-refractivity contribution in [1.29, 1.82) is 0 Å². The highest BCUT2D eigenvalue weighted by Crippen LogP contribution is 2.26. The molecule has 0 aliphatic carbocycles. The van der Waals surface area contributed by atoms with Gasteiger partial charge in [0.15, 0.2) is 5.65 Å². The summed E-state index contributed by atoms with van der Waals surface area (Å²) in [7, 11) is 0. The second kappa shape index (κ2) is 5.44. The molecule has 0 amide bonds. The molecule has 4 heteroatoms. The molecule has 4 nitrogen and oxygen atoms in total. The van der Waals surface area contributed by atoms with E-state index in [1.807, 2.05) is 6.20 Å². The molecule has 3 aromatic rings. The molecule has 0 unspecified atom stereocenters. The molecule has 112 valence electrons. The Kier molecular flexibility index (Phi) is 3.29. The summed E-state index contributed by atoms with van der Waals surface area (Å²) >= 11 is 0. The molecule has 3 heterocycles. The van der Waals surface area contributed by atoms with E-state index in [-0.39, 0.29) is 0 Å². The van der Waals surface area contributed by atoms with Crippen LogP contribution in [0.5, 0.6) is 0 Å². The van der Waals surface area contributed by atoms with Gasteiger partial charge in [-0.15, -0.1) is 0 Å². The number of fused-ring (bicyclic) bond motifs is 1. The fourth-order valence-electron chi connectivity index (χ4n) is 2.91. The molecule has 4 rings (SSSR count). The largest absolute Gasteiger partial charge is 0.342 e. The molecule has 1 aromatic carbocycles. The lowest BCUT2D eigenvalue weighted by atomic mass is 10.2. The van der Waals surface area contributed by atoms with Gasteiger partial charge >= 0.3 is 0 Å². The van der Waals surface area contributed by atoms with Crippen molar-refractivity contribution in [3.8, 4) is 0 Å². The van der Waals surface area contributed by atoms with Gasteiger partial charge in [0.1, 0.15) is 0 Å². The third-order valence-electron chi connectivity index (χ3n) is 4.37. The summed E-state index contributed by atoms with van der Waals surface area (Å²) in [5.41, 5.74) is 4.56. The van der Waals surface area contributed by atoms with Gasteiger partial charge in [0.25, 0.3) is 0 Å². The zero-order chi connectivity index (χ0) is 14.9. The smallest absolute Gasteiger partial charge is 0.208 e. The second-order valence-electron chi connectivity index (χ2n) is 5.86. The first-order chi connectivity index (χ1) is 10.8. The molecule has 22 heavy (non-hydrogen) atoms. The Balaban J connectivity index is 1.84. The first kappa shape index (κ1) is 13.3. The van der Waals surface area contributed by atoms with Crippen LogP contribution in [0.1, 0.15) is 24.5 Å². The minimum Gasteiger partial charge on any atom is -0.342 e. The number of benzene rings is 1. The van der Waals surface area contributed by atoms with Crippen molar-refractivity contribution in [2.75, 3.05) is 18.0 Å². The Morgan fingerprint density at radius 3 is 2.59 bits per heavy atom. The molecular formula is C18H20N4. The summed E-state index contributed by atoms with van der Waals surface area (Å²) in [6.07, 6.45) is 4.20. The minimum atomic E-state index is 0.845. The molecule has 0 atom stereocenters. The van der Waals surface area contributed by atoms with Crippen LogP contribution in [-0.4, -0.2) is 27.6 Å². The normalized spacial score (nSPS) is 14.3. The van der Waals surface area contributed by atoms with Gasteiger partial charge in [-0.25, -0.2) is 4.98 Å². The van der Waals surface area contributed by atoms with E-state index in [2.05, 4.69) is 57.8 Å². The van der Waals surface area contributed by atoms with Gasteiger partial charge in [-0.05, 0) is 30.0 Å². The number of hydrogen-bond acceptors (Lipinski definition) is 3. The average molecular weight is 292 g/mol. The SMILES string of the molecule is CCc1cnc2nc(N3CCC3)n(Cc3ccccc3)c2c1. The Hall–Kier alpha value is -2.36. The number of anilines is 1. The van der Waals surface area contributed by atoms with E-state index in [4.69, 9.17) is 4.98 Å². The number of hydrogen-bond donors (Lipinski definition) is 0. The van der Waals surface area contributed by atoms with Crippen LogP contribution in [0.2, 0.25) is 0 Å². The van der Waals surface area contributed by atoms with E-state index in [9.17, 15) is 0 Å². The summed E-state index contributed by atoms with van der Waals surface area (Å²) in [6, 6.07) is 12.8. The van der Waals surface area contributed by atoms with Gasteiger partial charge < -0.3 is 9.47 Å². The monoisotopic (exact) mass is 292 g/mol. The molecule has 0 bridgehead atoms. The van der Waals surface area contributed by atoms with Crippen LogP contribution >= 0.6 is 0 Å². The van der Waals surface area contributed by atoms with Crippen molar-refractivity contribution in [2.24, 2.45) is 0 Å². The van der Waals surface area contributed by atoms with E-state index in [0.29, 0.717) is 0 Å². The number of imidazole rings is 1. The van der Waals surface area contributed by atoms with Crippen LogP contribution in [0.4, 0.5) is 5.95 Å². The molecule has 1 aliphatic rings. The zero-order valence-electron chi connectivity index (χ0n) is 12.9. The first-order valence-corrected chi connectivity index (χ1v) is 7.99. The zero-order valence-corrected chi connectivity index (χ0v) is 12.9. The standard InChI is InChI=1S/C18H20N4/c1-2-14-11-16-17(19-12-14)20-18(21-9-6-10-21)22(16)13-15-7-4-3-5-8-15/h3-5,7-8,11-12H,2,6,9-10,13H2,1H3. The summed E-state index contributed by atoms with van der Waals surface area (Å²) < 4.78 is 2.32. The number of nitrogens with zero attached hydrogens (tertiary/aromatic N) is 4. The van der Waals surface area contributed by atoms with Gasteiger partial charge in [0, 0.05) is 19.3 Å². The summed E-state index contributed by atoms with van der Waals surface area (Å²) in [5.74, 6) is 1.06. The van der Waals surface area contributed by atoms with Crippen molar-refractivity contribution < 1.29 is 0 Å². The lowest BCUT2D eigenvalue weighted by Gasteiger charge is -2.32. The third-order valence-corrected chi connectivity index (χ3v) is 4.37. The van der Waals surface area contributed by atoms with Gasteiger partial charge in [-0.3, -0.25) is 0 Å². The maximum absolute atomic E-state index is 4.78. The number of aromatic nitrogens is 3. The minimum absolute atomic E-state index is 0.845. The molecule has 2 aromatic heterocycles. The molecule has 0 N–H and O–H groups in total. The quantitative estimate of drug-likeness (QED) is 0.740. The van der Waals surface area contributed by atoms with E-state index < -0.39 is 0 Å². The first-order valence-electron chi connectivity index (χ1n) is 7.99. The lowest BCUT2D eigenvalue weighted by Crippen LogP contribution is -2.39. The lowest BCUT2D eigenvalue weighted by molar-refractivity contribution is 0.585. The van der Waals surface area contributed by atoms with Crippen LogP contribution in [0, 0.1) is 0 Å². The highest BCUT2D eigenvalue weighted by atomic mass is 15.3. The summed E-state index contributed by atoms with van der Waals surface area (Å²) in [5, 5.41) is 0. The van der Waals surface area contributed by atoms with Crippen LogP contribution in [0.25, 0.3) is 11.2 Å². The Morgan fingerprint density at radius 1 is 1.09 bits per heavy atom. The summed E-state index contributed by atoms with van der Waals surface area (Å²) in [6.45, 7) is 5.20. The topological polar surface area (TPSA) is 34.0 Å². The number of pyridine rings is 1. The number of rotatable bonds is 4. The maximum Gasteiger partial charge on any atom is 0.208 e. The van der Waals surface area contributed by atoms with Crippen molar-refractivity contribution in [2.45, 2.75) is 26.3 Å². The van der Waals surface area contributed by atoms with E-state index >= 15 is 0 Å². The van der Waals surface area contributed by atoms with Gasteiger partial charge in [-0.2, -0.15) is 4.98 Å². The number of aryl methyl sites for hydroxylation is 1. The Morgan fingerprint density at radius 2 is 1.91 bits per heavy atom. The van der Waals surface area contributed by atoms with E-state index in [1.54, 1.807) is 0 Å². The van der Waals surface area contributed by atoms with Crippen LogP contribution in [0.3, 0.4) is 0 Å². The predicted octanol–water partition coefficient (Wildman–Crippen LogP) is 3.25. The van der Waals surface area contributed by atoms with Gasteiger partial charge in [0.05, 0.1) is 12.1 Å². The maximum atomic E-state index is 4.78. The van der Waals surface area contributed by atoms with E-state index in [0.717, 1.165) is 43.2 Å².